The molecular formula is C32H30FN9O2. The topological polar surface area (TPSA) is 125 Å². The van der Waals surface area contributed by atoms with Crippen LogP contribution in [-0.2, 0) is 18.4 Å². The quantitative estimate of drug-likeness (QED) is 0.266. The second-order valence-corrected chi connectivity index (χ2v) is 10.8. The number of anilines is 1. The van der Waals surface area contributed by atoms with Crippen molar-refractivity contribution in [1.29, 1.82) is 0 Å². The molecule has 11 nitrogen and oxygen atoms in total. The molecule has 0 aliphatic heterocycles. The third-order valence-electron chi connectivity index (χ3n) is 7.65. The first-order chi connectivity index (χ1) is 21.2. The highest BCUT2D eigenvalue weighted by molar-refractivity contribution is 5.91. The number of hydrogen-bond donors (Lipinski definition) is 1. The Bertz CT molecular complexity index is 2080. The molecule has 222 valence electrons. The summed E-state index contributed by atoms with van der Waals surface area (Å²) in [5.74, 6) is -0.467. The van der Waals surface area contributed by atoms with Crippen LogP contribution in [0.4, 0.5) is 10.2 Å². The number of halogens is 1. The Kier molecular flexibility index (Phi) is 7.56. The third kappa shape index (κ3) is 5.49. The normalized spacial score (nSPS) is 12.0. The molecule has 44 heavy (non-hydrogen) atoms. The molecule has 1 amide bonds. The number of tetrazole rings is 1. The molecule has 0 fully saturated rings. The van der Waals surface area contributed by atoms with Crippen LogP contribution in [0, 0.1) is 18.7 Å². The number of aryl methyl sites for hydroxylation is 2. The van der Waals surface area contributed by atoms with E-state index in [2.05, 4.69) is 30.7 Å². The fourth-order valence-electron chi connectivity index (χ4n) is 5.06. The van der Waals surface area contributed by atoms with Crippen molar-refractivity contribution in [2.45, 2.75) is 33.7 Å². The monoisotopic (exact) mass is 591 g/mol. The Labute approximate surface area is 252 Å². The van der Waals surface area contributed by atoms with Crippen LogP contribution in [0.1, 0.15) is 31.4 Å². The van der Waals surface area contributed by atoms with Gasteiger partial charge in [-0.05, 0) is 60.0 Å². The van der Waals surface area contributed by atoms with E-state index < -0.39 is 5.56 Å². The largest absolute Gasteiger partial charge is 0.315 e. The Balaban J connectivity index is 1.44. The van der Waals surface area contributed by atoms with Crippen LogP contribution in [0.3, 0.4) is 0 Å². The van der Waals surface area contributed by atoms with E-state index in [1.165, 1.54) is 16.9 Å². The number of amides is 1. The molecule has 4 heterocycles. The van der Waals surface area contributed by atoms with Crippen LogP contribution in [0.5, 0.6) is 0 Å². The average molecular weight is 592 g/mol. The lowest BCUT2D eigenvalue weighted by Gasteiger charge is -2.16. The molecule has 0 aliphatic carbocycles. The SMILES string of the molecule is CC[C@@H](C)C(=O)Nc1ncc(-c2cccc(-c3nnn(C)n3)c2)n(Cc2cncc(-n3cc(C)c4cc(F)ccc43)c2)c1=O. The van der Waals surface area contributed by atoms with Gasteiger partial charge in [-0.3, -0.25) is 19.1 Å². The molecule has 0 saturated carbocycles. The summed E-state index contributed by atoms with van der Waals surface area (Å²) in [5.41, 5.74) is 4.78. The minimum atomic E-state index is -0.453. The van der Waals surface area contributed by atoms with Crippen LogP contribution < -0.4 is 10.9 Å². The summed E-state index contributed by atoms with van der Waals surface area (Å²) in [6.07, 6.45) is 7.54. The van der Waals surface area contributed by atoms with Crippen molar-refractivity contribution in [3.8, 4) is 28.3 Å². The maximum absolute atomic E-state index is 14.0. The van der Waals surface area contributed by atoms with E-state index >= 15 is 0 Å². The van der Waals surface area contributed by atoms with E-state index in [9.17, 15) is 14.0 Å². The van der Waals surface area contributed by atoms with Crippen LogP contribution in [0.15, 0.2) is 78.1 Å². The molecule has 4 aromatic heterocycles. The summed E-state index contributed by atoms with van der Waals surface area (Å²) in [4.78, 5) is 36.8. The van der Waals surface area contributed by atoms with Crippen LogP contribution >= 0.6 is 0 Å². The molecule has 0 spiro atoms. The zero-order valence-electron chi connectivity index (χ0n) is 24.7. The van der Waals surface area contributed by atoms with Crippen molar-refractivity contribution in [3.05, 3.63) is 101 Å². The third-order valence-corrected chi connectivity index (χ3v) is 7.65. The van der Waals surface area contributed by atoms with Crippen molar-refractivity contribution in [2.75, 3.05) is 5.32 Å². The molecule has 0 saturated heterocycles. The van der Waals surface area contributed by atoms with E-state index in [0.29, 0.717) is 23.5 Å². The Morgan fingerprint density at radius 1 is 1.07 bits per heavy atom. The first-order valence-electron chi connectivity index (χ1n) is 14.2. The van der Waals surface area contributed by atoms with Gasteiger partial charge in [0.1, 0.15) is 5.82 Å². The lowest BCUT2D eigenvalue weighted by Crippen LogP contribution is -2.30. The molecule has 0 radical (unpaired) electrons. The van der Waals surface area contributed by atoms with Gasteiger partial charge in [-0.2, -0.15) is 4.80 Å². The van der Waals surface area contributed by atoms with Crippen molar-refractivity contribution < 1.29 is 9.18 Å². The number of nitrogens with zero attached hydrogens (tertiary/aromatic N) is 8. The number of pyridine rings is 1. The van der Waals surface area contributed by atoms with E-state index in [1.807, 2.05) is 54.9 Å². The zero-order chi connectivity index (χ0) is 31.0. The van der Waals surface area contributed by atoms with E-state index in [0.717, 1.165) is 33.3 Å². The summed E-state index contributed by atoms with van der Waals surface area (Å²) < 4.78 is 17.5. The Morgan fingerprint density at radius 2 is 1.89 bits per heavy atom. The smallest absolute Gasteiger partial charge is 0.294 e. The fraction of sp³-hybridized carbons (Fsp3) is 0.219. The summed E-state index contributed by atoms with van der Waals surface area (Å²) in [6.45, 7) is 5.78. The summed E-state index contributed by atoms with van der Waals surface area (Å²) in [5, 5.41) is 15.8. The van der Waals surface area contributed by atoms with Crippen molar-refractivity contribution in [2.24, 2.45) is 13.0 Å². The number of benzene rings is 2. The predicted molar refractivity (Wildman–Crippen MR) is 165 cm³/mol. The summed E-state index contributed by atoms with van der Waals surface area (Å²) in [6, 6.07) is 14.1. The number of rotatable bonds is 8. The minimum absolute atomic E-state index is 0.0519. The van der Waals surface area contributed by atoms with Gasteiger partial charge in [-0.25, -0.2) is 9.37 Å². The molecule has 6 aromatic rings. The number of aromatic nitrogens is 8. The molecule has 0 unspecified atom stereocenters. The number of fused-ring (bicyclic) bond motifs is 1. The van der Waals surface area contributed by atoms with Gasteiger partial charge in [0.15, 0.2) is 5.82 Å². The fourth-order valence-corrected chi connectivity index (χ4v) is 5.06. The standard InChI is InChI=1S/C32H30FN9O2/c1-5-19(2)31(43)36-30-32(44)42(28(16-35-30)22-7-6-8-23(12-22)29-37-39-40(4)38-29)18-21-11-25(15-34-14-21)41-17-20(3)26-13-24(33)9-10-27(26)41/h6-17,19H,5,18H2,1-4H3,(H,35,36,43)/t19-/m1/s1. The van der Waals surface area contributed by atoms with E-state index in [4.69, 9.17) is 0 Å². The van der Waals surface area contributed by atoms with Gasteiger partial charge in [0.05, 0.1) is 42.9 Å². The lowest BCUT2D eigenvalue weighted by molar-refractivity contribution is -0.119. The molecule has 2 aromatic carbocycles. The lowest BCUT2D eigenvalue weighted by atomic mass is 10.1. The van der Waals surface area contributed by atoms with Crippen molar-refractivity contribution in [3.63, 3.8) is 0 Å². The number of nitrogens with one attached hydrogen (secondary N) is 1. The van der Waals surface area contributed by atoms with Gasteiger partial charge in [-0.15, -0.1) is 10.2 Å². The van der Waals surface area contributed by atoms with Gasteiger partial charge in [0.25, 0.3) is 5.56 Å². The molecule has 1 atom stereocenters. The number of hydrogen-bond acceptors (Lipinski definition) is 7. The first kappa shape index (κ1) is 28.6. The first-order valence-corrected chi connectivity index (χ1v) is 14.2. The highest BCUT2D eigenvalue weighted by atomic mass is 19.1. The Hall–Kier alpha value is -5.52. The second-order valence-electron chi connectivity index (χ2n) is 10.8. The maximum Gasteiger partial charge on any atom is 0.294 e. The van der Waals surface area contributed by atoms with Crippen LogP contribution in [-0.4, -0.2) is 45.2 Å². The zero-order valence-corrected chi connectivity index (χ0v) is 24.7. The van der Waals surface area contributed by atoms with E-state index in [-0.39, 0.29) is 30.0 Å². The number of carbonyl (C=O) groups excluding carboxylic acids is 1. The minimum Gasteiger partial charge on any atom is -0.315 e. The molecule has 12 heteroatoms. The highest BCUT2D eigenvalue weighted by Gasteiger charge is 2.19. The average Bonchev–Trinajstić information content (AvgIpc) is 3.61. The molecule has 1 N–H and O–H groups in total. The summed E-state index contributed by atoms with van der Waals surface area (Å²) in [7, 11) is 1.69. The molecule has 6 rings (SSSR count). The van der Waals surface area contributed by atoms with Gasteiger partial charge in [0, 0.05) is 34.8 Å². The predicted octanol–water partition coefficient (Wildman–Crippen LogP) is 4.92. The highest BCUT2D eigenvalue weighted by Crippen LogP contribution is 2.27. The van der Waals surface area contributed by atoms with Crippen molar-refractivity contribution >= 4 is 22.6 Å². The molecule has 0 aliphatic rings. The maximum atomic E-state index is 14.0. The van der Waals surface area contributed by atoms with Gasteiger partial charge in [0.2, 0.25) is 11.7 Å². The Morgan fingerprint density at radius 3 is 2.66 bits per heavy atom. The van der Waals surface area contributed by atoms with E-state index in [1.54, 1.807) is 43.2 Å². The molecular weight excluding hydrogens is 561 g/mol. The van der Waals surface area contributed by atoms with Gasteiger partial charge in [-0.1, -0.05) is 32.0 Å². The van der Waals surface area contributed by atoms with Crippen molar-refractivity contribution in [1.82, 2.24) is 39.3 Å². The molecule has 0 bridgehead atoms. The van der Waals surface area contributed by atoms with Crippen LogP contribution in [0.25, 0.3) is 39.2 Å². The summed E-state index contributed by atoms with van der Waals surface area (Å²) >= 11 is 0. The van der Waals surface area contributed by atoms with Gasteiger partial charge >= 0.3 is 0 Å². The van der Waals surface area contributed by atoms with Crippen LogP contribution in [0.2, 0.25) is 0 Å². The second kappa shape index (κ2) is 11.6. The number of carbonyl (C=O) groups is 1. The van der Waals surface area contributed by atoms with Gasteiger partial charge < -0.3 is 9.88 Å².